The molecule has 0 aliphatic heterocycles. The lowest BCUT2D eigenvalue weighted by molar-refractivity contribution is 0.201. The van der Waals surface area contributed by atoms with Gasteiger partial charge in [0.05, 0.1) is 0 Å². The summed E-state index contributed by atoms with van der Waals surface area (Å²) in [5, 5.41) is 3.26. The van der Waals surface area contributed by atoms with Crippen molar-refractivity contribution < 1.29 is 0 Å². The molecule has 17 heavy (non-hydrogen) atoms. The first-order valence-corrected chi connectivity index (χ1v) is 6.32. The molecule has 0 fully saturated rings. The van der Waals surface area contributed by atoms with E-state index in [2.05, 4.69) is 62.3 Å². The molecule has 96 valence electrons. The highest BCUT2D eigenvalue weighted by atomic mass is 15.1. The van der Waals surface area contributed by atoms with Gasteiger partial charge in [0.1, 0.15) is 0 Å². The second-order valence-electron chi connectivity index (χ2n) is 5.85. The highest BCUT2D eigenvalue weighted by Gasteiger charge is 2.18. The van der Waals surface area contributed by atoms with Crippen molar-refractivity contribution in [3.8, 4) is 0 Å². The van der Waals surface area contributed by atoms with Gasteiger partial charge < -0.3 is 10.2 Å². The van der Waals surface area contributed by atoms with Crippen molar-refractivity contribution >= 4 is 0 Å². The number of nitrogens with zero attached hydrogens (tertiary/aromatic N) is 1. The predicted molar refractivity (Wildman–Crippen MR) is 75.2 cm³/mol. The number of rotatable bonds is 6. The summed E-state index contributed by atoms with van der Waals surface area (Å²) in [4.78, 5) is 2.39. The van der Waals surface area contributed by atoms with Gasteiger partial charge in [-0.15, -0.1) is 0 Å². The van der Waals surface area contributed by atoms with Gasteiger partial charge in [-0.05, 0) is 32.0 Å². The van der Waals surface area contributed by atoms with E-state index in [0.717, 1.165) is 19.6 Å². The molecule has 1 aromatic carbocycles. The SMILES string of the molecule is CNCC(C)(C)CN(C)Cc1ccc(C)cc1. The average molecular weight is 234 g/mol. The first-order chi connectivity index (χ1) is 7.93. The quantitative estimate of drug-likeness (QED) is 0.814. The third-order valence-corrected chi connectivity index (χ3v) is 2.93. The Balaban J connectivity index is 2.49. The molecule has 0 aliphatic rings. The zero-order valence-corrected chi connectivity index (χ0v) is 11.9. The monoisotopic (exact) mass is 234 g/mol. The maximum atomic E-state index is 3.26. The maximum Gasteiger partial charge on any atom is 0.0230 e. The standard InChI is InChI=1S/C15H26N2/c1-13-6-8-14(9-7-13)10-17(5)12-15(2,3)11-16-4/h6-9,16H,10-12H2,1-5H3. The van der Waals surface area contributed by atoms with Crippen molar-refractivity contribution in [1.29, 1.82) is 0 Å². The molecule has 0 atom stereocenters. The maximum absolute atomic E-state index is 3.26. The van der Waals surface area contributed by atoms with Gasteiger partial charge in [-0.25, -0.2) is 0 Å². The zero-order valence-electron chi connectivity index (χ0n) is 11.9. The zero-order chi connectivity index (χ0) is 12.9. The summed E-state index contributed by atoms with van der Waals surface area (Å²) in [5.74, 6) is 0. The highest BCUT2D eigenvalue weighted by molar-refractivity contribution is 5.21. The highest BCUT2D eigenvalue weighted by Crippen LogP contribution is 2.16. The molecule has 2 heteroatoms. The second-order valence-corrected chi connectivity index (χ2v) is 5.85. The number of aryl methyl sites for hydroxylation is 1. The van der Waals surface area contributed by atoms with Crippen LogP contribution in [0.1, 0.15) is 25.0 Å². The summed E-state index contributed by atoms with van der Waals surface area (Å²) < 4.78 is 0. The van der Waals surface area contributed by atoms with Crippen LogP contribution in [0.2, 0.25) is 0 Å². The van der Waals surface area contributed by atoms with Gasteiger partial charge in [-0.2, -0.15) is 0 Å². The van der Waals surface area contributed by atoms with E-state index in [1.54, 1.807) is 0 Å². The minimum Gasteiger partial charge on any atom is -0.319 e. The molecule has 0 aromatic heterocycles. The van der Waals surface area contributed by atoms with Crippen LogP contribution in [0.3, 0.4) is 0 Å². The molecular weight excluding hydrogens is 208 g/mol. The Labute approximate surface area is 106 Å². The van der Waals surface area contributed by atoms with Crippen molar-refractivity contribution in [2.24, 2.45) is 5.41 Å². The lowest BCUT2D eigenvalue weighted by atomic mass is 9.93. The van der Waals surface area contributed by atoms with Crippen molar-refractivity contribution in [3.63, 3.8) is 0 Å². The van der Waals surface area contributed by atoms with Crippen LogP contribution in [-0.2, 0) is 6.54 Å². The summed E-state index contributed by atoms with van der Waals surface area (Å²) in [6.45, 7) is 9.90. The number of nitrogens with one attached hydrogen (secondary N) is 1. The Morgan fingerprint density at radius 2 is 1.76 bits per heavy atom. The summed E-state index contributed by atoms with van der Waals surface area (Å²) in [6, 6.07) is 8.80. The van der Waals surface area contributed by atoms with Crippen molar-refractivity contribution in [2.45, 2.75) is 27.3 Å². The molecule has 0 radical (unpaired) electrons. The fraction of sp³-hybridized carbons (Fsp3) is 0.600. The van der Waals surface area contributed by atoms with E-state index in [-0.39, 0.29) is 0 Å². The van der Waals surface area contributed by atoms with Crippen LogP contribution in [0.5, 0.6) is 0 Å². The van der Waals surface area contributed by atoms with Crippen LogP contribution < -0.4 is 5.32 Å². The molecule has 2 nitrogen and oxygen atoms in total. The van der Waals surface area contributed by atoms with E-state index in [1.807, 2.05) is 7.05 Å². The molecule has 0 saturated heterocycles. The Kier molecular flexibility index (Phi) is 5.16. The van der Waals surface area contributed by atoms with Gasteiger partial charge in [0.15, 0.2) is 0 Å². The predicted octanol–water partition coefficient (Wildman–Crippen LogP) is 2.67. The van der Waals surface area contributed by atoms with Crippen LogP contribution in [0.25, 0.3) is 0 Å². The van der Waals surface area contributed by atoms with Crippen LogP contribution in [0, 0.1) is 12.3 Å². The number of hydrogen-bond donors (Lipinski definition) is 1. The second kappa shape index (κ2) is 6.18. The lowest BCUT2D eigenvalue weighted by Crippen LogP contribution is -2.37. The summed E-state index contributed by atoms with van der Waals surface area (Å²) in [5.41, 5.74) is 3.03. The summed E-state index contributed by atoms with van der Waals surface area (Å²) in [6.07, 6.45) is 0. The summed E-state index contributed by atoms with van der Waals surface area (Å²) in [7, 11) is 4.21. The van der Waals surface area contributed by atoms with Gasteiger partial charge in [-0.3, -0.25) is 0 Å². The van der Waals surface area contributed by atoms with Crippen molar-refractivity contribution in [2.75, 3.05) is 27.2 Å². The van der Waals surface area contributed by atoms with Crippen LogP contribution >= 0.6 is 0 Å². The largest absolute Gasteiger partial charge is 0.319 e. The van der Waals surface area contributed by atoms with Gasteiger partial charge >= 0.3 is 0 Å². The van der Waals surface area contributed by atoms with Crippen molar-refractivity contribution in [3.05, 3.63) is 35.4 Å². The minimum absolute atomic E-state index is 0.314. The van der Waals surface area contributed by atoms with Gasteiger partial charge in [0, 0.05) is 19.6 Å². The molecule has 1 aromatic rings. The normalized spacial score (nSPS) is 12.1. The van der Waals surface area contributed by atoms with Crippen LogP contribution in [-0.4, -0.2) is 32.1 Å². The van der Waals surface area contributed by atoms with E-state index in [4.69, 9.17) is 0 Å². The molecule has 0 bridgehead atoms. The third-order valence-electron chi connectivity index (χ3n) is 2.93. The van der Waals surface area contributed by atoms with Gasteiger partial charge in [0.25, 0.3) is 0 Å². The number of benzene rings is 1. The van der Waals surface area contributed by atoms with E-state index in [0.29, 0.717) is 5.41 Å². The van der Waals surface area contributed by atoms with Crippen molar-refractivity contribution in [1.82, 2.24) is 10.2 Å². The molecular formula is C15H26N2. The lowest BCUT2D eigenvalue weighted by Gasteiger charge is -2.30. The Morgan fingerprint density at radius 1 is 1.18 bits per heavy atom. The van der Waals surface area contributed by atoms with Gasteiger partial charge in [-0.1, -0.05) is 43.7 Å². The molecule has 0 amide bonds. The number of hydrogen-bond acceptors (Lipinski definition) is 2. The van der Waals surface area contributed by atoms with E-state index < -0.39 is 0 Å². The van der Waals surface area contributed by atoms with E-state index >= 15 is 0 Å². The topological polar surface area (TPSA) is 15.3 Å². The molecule has 0 spiro atoms. The fourth-order valence-corrected chi connectivity index (χ4v) is 2.33. The molecule has 1 N–H and O–H groups in total. The molecule has 0 unspecified atom stereocenters. The Hall–Kier alpha value is -0.860. The summed E-state index contributed by atoms with van der Waals surface area (Å²) >= 11 is 0. The van der Waals surface area contributed by atoms with Gasteiger partial charge in [0.2, 0.25) is 0 Å². The smallest absolute Gasteiger partial charge is 0.0230 e. The fourth-order valence-electron chi connectivity index (χ4n) is 2.33. The van der Waals surface area contributed by atoms with Crippen LogP contribution in [0.15, 0.2) is 24.3 Å². The molecule has 0 aliphatic carbocycles. The first kappa shape index (κ1) is 14.2. The first-order valence-electron chi connectivity index (χ1n) is 6.32. The average Bonchev–Trinajstić information content (AvgIpc) is 2.20. The minimum atomic E-state index is 0.314. The van der Waals surface area contributed by atoms with Crippen LogP contribution in [0.4, 0.5) is 0 Å². The third kappa shape index (κ3) is 5.33. The van der Waals surface area contributed by atoms with E-state index in [9.17, 15) is 0 Å². The molecule has 0 saturated carbocycles. The Morgan fingerprint density at radius 3 is 2.29 bits per heavy atom. The Bertz CT molecular complexity index is 327. The molecule has 0 heterocycles. The molecule has 1 rings (SSSR count). The van der Waals surface area contributed by atoms with E-state index in [1.165, 1.54) is 11.1 Å².